The van der Waals surface area contributed by atoms with Gasteiger partial charge < -0.3 is 24.8 Å². The number of aromatic nitrogens is 2. The Morgan fingerprint density at radius 2 is 1.97 bits per heavy atom. The lowest BCUT2D eigenvalue weighted by Gasteiger charge is -2.30. The van der Waals surface area contributed by atoms with Crippen molar-refractivity contribution in [2.24, 2.45) is 0 Å². The van der Waals surface area contributed by atoms with Gasteiger partial charge in [0.05, 0.1) is 18.4 Å². The molecule has 0 aliphatic carbocycles. The van der Waals surface area contributed by atoms with Crippen LogP contribution in [0.4, 0.5) is 14.6 Å². The van der Waals surface area contributed by atoms with Crippen molar-refractivity contribution in [3.8, 4) is 5.75 Å². The maximum absolute atomic E-state index is 14.2. The third-order valence-electron chi connectivity index (χ3n) is 5.68. The van der Waals surface area contributed by atoms with E-state index in [-0.39, 0.29) is 5.75 Å². The molecule has 1 aromatic carbocycles. The largest absolute Gasteiger partial charge is 0.462 e. The van der Waals surface area contributed by atoms with E-state index in [0.29, 0.717) is 10.8 Å². The van der Waals surface area contributed by atoms with Crippen molar-refractivity contribution < 1.29 is 41.8 Å². The number of carbonyl (C=O) groups excluding carboxylic acids is 1. The molecule has 1 aliphatic rings. The van der Waals surface area contributed by atoms with Gasteiger partial charge in [-0.05, 0) is 39.8 Å². The van der Waals surface area contributed by atoms with Crippen LogP contribution in [0.3, 0.4) is 0 Å². The third-order valence-corrected chi connectivity index (χ3v) is 7.96. The van der Waals surface area contributed by atoms with Gasteiger partial charge in [0.25, 0.3) is 0 Å². The van der Waals surface area contributed by atoms with Gasteiger partial charge >= 0.3 is 19.4 Å². The van der Waals surface area contributed by atoms with E-state index in [2.05, 4.69) is 10.1 Å². The van der Waals surface area contributed by atoms with Crippen molar-refractivity contribution in [3.63, 3.8) is 0 Å². The molecule has 2 heterocycles. The van der Waals surface area contributed by atoms with Gasteiger partial charge in [-0.2, -0.15) is 10.1 Å². The normalized spacial score (nSPS) is 26.1. The lowest BCUT2D eigenvalue weighted by atomic mass is 9.97. The van der Waals surface area contributed by atoms with Crippen molar-refractivity contribution in [1.29, 1.82) is 0 Å². The minimum absolute atomic E-state index is 0.112. The molecular formula is C23H30ClF2N4O8P. The number of nitrogens with one attached hydrogen (secondary N) is 1. The average Bonchev–Trinajstić information content (AvgIpc) is 3.12. The number of esters is 1. The fraction of sp³-hybridized carbons (Fsp3) is 0.522. The minimum atomic E-state index is -4.43. The lowest BCUT2D eigenvalue weighted by molar-refractivity contribution is -0.149. The van der Waals surface area contributed by atoms with Crippen LogP contribution in [0.2, 0.25) is 0 Å². The number of benzene rings is 1. The van der Waals surface area contributed by atoms with Crippen LogP contribution >= 0.6 is 19.3 Å². The first kappa shape index (κ1) is 30.9. The summed E-state index contributed by atoms with van der Waals surface area (Å²) in [5, 5.41) is 13.4. The molecule has 0 spiro atoms. The number of ether oxygens (including phenoxy) is 2. The zero-order chi connectivity index (χ0) is 29.1. The van der Waals surface area contributed by atoms with Crippen molar-refractivity contribution in [2.75, 3.05) is 12.4 Å². The zero-order valence-corrected chi connectivity index (χ0v) is 23.1. The number of halogens is 3. The number of nitrogens with zero attached hydrogens (tertiary/aromatic N) is 2. The van der Waals surface area contributed by atoms with Crippen LogP contribution in [-0.4, -0.2) is 62.6 Å². The van der Waals surface area contributed by atoms with E-state index < -0.39 is 79.3 Å². The number of aliphatic hydroxyl groups is 1. The van der Waals surface area contributed by atoms with Gasteiger partial charge in [0.15, 0.2) is 17.9 Å². The number of alkyl halides is 2. The molecule has 0 bridgehead atoms. The minimum Gasteiger partial charge on any atom is -0.462 e. The van der Waals surface area contributed by atoms with Crippen LogP contribution < -0.4 is 21.0 Å². The highest BCUT2D eigenvalue weighted by Gasteiger charge is 2.59. The van der Waals surface area contributed by atoms with Gasteiger partial charge in [0.2, 0.25) is 0 Å². The maximum atomic E-state index is 14.2. The molecule has 39 heavy (non-hydrogen) atoms. The molecule has 0 radical (unpaired) electrons. The molecule has 1 aliphatic heterocycles. The fourth-order valence-corrected chi connectivity index (χ4v) is 5.77. The molecule has 1 unspecified atom stereocenters. The van der Waals surface area contributed by atoms with Crippen LogP contribution in [0.5, 0.6) is 5.75 Å². The van der Waals surface area contributed by atoms with Gasteiger partial charge in [0, 0.05) is 0 Å². The van der Waals surface area contributed by atoms with E-state index in [1.807, 2.05) is 0 Å². The number of hydrogen-bond donors (Lipinski definition) is 3. The summed E-state index contributed by atoms with van der Waals surface area (Å²) < 4.78 is 64.7. The van der Waals surface area contributed by atoms with Gasteiger partial charge in [-0.25, -0.2) is 18.1 Å². The summed E-state index contributed by atoms with van der Waals surface area (Å²) in [5.41, 5.74) is 4.19. The first-order chi connectivity index (χ1) is 18.2. The molecule has 3 rings (SSSR count). The summed E-state index contributed by atoms with van der Waals surface area (Å²) in [6.45, 7) is 4.54. The van der Waals surface area contributed by atoms with E-state index in [1.54, 1.807) is 32.0 Å². The predicted molar refractivity (Wildman–Crippen MR) is 136 cm³/mol. The molecule has 16 heteroatoms. The summed E-state index contributed by atoms with van der Waals surface area (Å²) >= 11 is 6.36. The smallest absolute Gasteiger partial charge is 0.459 e. The van der Waals surface area contributed by atoms with Gasteiger partial charge in [0.1, 0.15) is 35.5 Å². The Balaban J connectivity index is 1.91. The predicted octanol–water partition coefficient (Wildman–Crippen LogP) is 2.69. The highest BCUT2D eigenvalue weighted by Crippen LogP contribution is 2.50. The molecule has 12 nitrogen and oxygen atoms in total. The molecule has 2 aromatic rings. The summed E-state index contributed by atoms with van der Waals surface area (Å²) in [4.78, 5) is 25.8. The summed E-state index contributed by atoms with van der Waals surface area (Å²) in [7, 11) is -4.43. The number of rotatable bonds is 11. The van der Waals surface area contributed by atoms with Gasteiger partial charge in [-0.3, -0.25) is 13.9 Å². The number of carbonyl (C=O) groups is 1. The molecule has 1 aromatic heterocycles. The van der Waals surface area contributed by atoms with Crippen LogP contribution in [0.1, 0.15) is 33.9 Å². The van der Waals surface area contributed by atoms with E-state index in [9.17, 15) is 28.0 Å². The second kappa shape index (κ2) is 12.3. The number of nitrogen functional groups attached to an aromatic ring is 1. The quantitative estimate of drug-likeness (QED) is 0.199. The first-order valence-electron chi connectivity index (χ1n) is 11.8. The third kappa shape index (κ3) is 6.94. The summed E-state index contributed by atoms with van der Waals surface area (Å²) in [5.74, 6) is -2.44. The van der Waals surface area contributed by atoms with E-state index in [4.69, 9.17) is 35.9 Å². The van der Waals surface area contributed by atoms with Gasteiger partial charge in [-0.1, -0.05) is 18.2 Å². The zero-order valence-electron chi connectivity index (χ0n) is 21.5. The van der Waals surface area contributed by atoms with Crippen LogP contribution in [0, 0.1) is 5.82 Å². The van der Waals surface area contributed by atoms with Crippen LogP contribution in [-0.2, 0) is 23.4 Å². The monoisotopic (exact) mass is 594 g/mol. The molecule has 216 valence electrons. The Kier molecular flexibility index (Phi) is 9.73. The first-order valence-corrected chi connectivity index (χ1v) is 13.8. The molecule has 1 fully saturated rings. The Morgan fingerprint density at radius 3 is 2.56 bits per heavy atom. The second-order valence-corrected chi connectivity index (χ2v) is 11.5. The maximum Gasteiger partial charge on any atom is 0.459 e. The number of para-hydroxylation sites is 1. The Labute approximate surface area is 227 Å². The number of hydrogen-bond acceptors (Lipinski definition) is 10. The van der Waals surface area contributed by atoms with Gasteiger partial charge in [-0.15, -0.1) is 11.6 Å². The number of anilines is 1. The summed E-state index contributed by atoms with van der Waals surface area (Å²) in [6.07, 6.45) is -6.31. The van der Waals surface area contributed by atoms with Crippen molar-refractivity contribution in [2.45, 2.75) is 69.3 Å². The highest BCUT2D eigenvalue weighted by molar-refractivity contribution is 7.52. The molecule has 0 saturated carbocycles. The highest BCUT2D eigenvalue weighted by atomic mass is 35.5. The average molecular weight is 595 g/mol. The van der Waals surface area contributed by atoms with E-state index >= 15 is 0 Å². The molecule has 0 amide bonds. The Bertz CT molecular complexity index is 1270. The molecule has 7 atom stereocenters. The summed E-state index contributed by atoms with van der Waals surface area (Å²) in [6, 6.07) is 6.70. The van der Waals surface area contributed by atoms with E-state index in [1.165, 1.54) is 26.0 Å². The number of nitrogens with two attached hydrogens (primary N) is 1. The topological polar surface area (TPSA) is 164 Å². The van der Waals surface area contributed by atoms with Crippen molar-refractivity contribution in [3.05, 3.63) is 52.8 Å². The molecule has 4 N–H and O–H groups in total. The fourth-order valence-electron chi connectivity index (χ4n) is 3.79. The lowest BCUT2D eigenvalue weighted by Crippen LogP contribution is -2.47. The molecule has 1 saturated heterocycles. The van der Waals surface area contributed by atoms with Crippen molar-refractivity contribution >= 4 is 31.1 Å². The van der Waals surface area contributed by atoms with Crippen LogP contribution in [0.25, 0.3) is 0 Å². The standard InChI is InChI=1S/C23H30ClF2N4O8P/c1-12(2)35-20(32)13(3)29-39(34,38-15-8-6-5-7-9-15)37-14(4)17-18(31)23(24,11-25)21(36-17)30-10-16(26)19(27)28-22(30)33/h5-10,12-14,17-18,21,31H,11H2,1-4H3,(H,29,34)(H2,27,28,33)/t13-,14-,17+,18?,21+,23+,39-/m0/s1. The number of aliphatic hydroxyl groups excluding tert-OH is 1. The molecular weight excluding hydrogens is 565 g/mol. The van der Waals surface area contributed by atoms with E-state index in [0.717, 1.165) is 0 Å². The second-order valence-electron chi connectivity index (χ2n) is 9.17. The SMILES string of the molecule is CC(C)OC(=O)[C@H](C)N[P@@](=O)(Oc1ccccc1)O[C@@H](C)[C@H]1O[C@@H](n2cc(F)c(N)nc2=O)[C@@](Cl)(CF)C1O. The van der Waals surface area contributed by atoms with Crippen LogP contribution in [0.15, 0.2) is 41.3 Å². The Morgan fingerprint density at radius 1 is 1.33 bits per heavy atom. The van der Waals surface area contributed by atoms with Crippen molar-refractivity contribution in [1.82, 2.24) is 14.6 Å². The Hall–Kier alpha value is -2.61.